The summed E-state index contributed by atoms with van der Waals surface area (Å²) in [6.45, 7) is 1.53. The first-order chi connectivity index (χ1) is 12.1. The highest BCUT2D eigenvalue weighted by Crippen LogP contribution is 2.31. The maximum atomic E-state index is 12.7. The van der Waals surface area contributed by atoms with Crippen LogP contribution < -0.4 is 10.2 Å². The molecule has 6 nitrogen and oxygen atoms in total. The number of nitrogens with zero attached hydrogens (tertiary/aromatic N) is 1. The highest BCUT2D eigenvalue weighted by molar-refractivity contribution is 6.05. The van der Waals surface area contributed by atoms with Gasteiger partial charge in [-0.2, -0.15) is 0 Å². The van der Waals surface area contributed by atoms with Crippen LogP contribution in [0.3, 0.4) is 0 Å². The first-order valence-electron chi connectivity index (χ1n) is 8.94. The van der Waals surface area contributed by atoms with E-state index in [4.69, 9.17) is 4.74 Å². The summed E-state index contributed by atoms with van der Waals surface area (Å²) in [7, 11) is 0. The van der Waals surface area contributed by atoms with Crippen LogP contribution in [0.5, 0.6) is 0 Å². The summed E-state index contributed by atoms with van der Waals surface area (Å²) in [6.07, 6.45) is 5.13. The molecule has 1 aliphatic heterocycles. The molecule has 1 aromatic carbocycles. The molecule has 1 aromatic rings. The number of hydrogen-bond acceptors (Lipinski definition) is 4. The zero-order valence-corrected chi connectivity index (χ0v) is 14.5. The Morgan fingerprint density at radius 3 is 2.68 bits per heavy atom. The fourth-order valence-electron chi connectivity index (χ4n) is 3.63. The Bertz CT molecular complexity index is 667. The highest BCUT2D eigenvalue weighted by atomic mass is 16.5. The van der Waals surface area contributed by atoms with E-state index in [0.717, 1.165) is 32.1 Å². The molecule has 2 aliphatic rings. The van der Waals surface area contributed by atoms with Crippen LogP contribution in [0.15, 0.2) is 24.3 Å². The van der Waals surface area contributed by atoms with Crippen LogP contribution in [0, 0.1) is 5.92 Å². The lowest BCUT2D eigenvalue weighted by Gasteiger charge is -2.28. The molecule has 1 N–H and O–H groups in total. The molecule has 0 bridgehead atoms. The van der Waals surface area contributed by atoms with Crippen LogP contribution >= 0.6 is 0 Å². The zero-order valence-electron chi connectivity index (χ0n) is 14.5. The summed E-state index contributed by atoms with van der Waals surface area (Å²) in [5.74, 6) is -0.799. The van der Waals surface area contributed by atoms with Crippen molar-refractivity contribution >= 4 is 29.2 Å². The average Bonchev–Trinajstić information content (AvgIpc) is 2.74. The maximum absolute atomic E-state index is 12.7. The fraction of sp³-hybridized carbons (Fsp3) is 0.526. The second-order valence-corrected chi connectivity index (χ2v) is 6.82. The van der Waals surface area contributed by atoms with E-state index >= 15 is 0 Å². The van der Waals surface area contributed by atoms with E-state index in [1.54, 1.807) is 23.1 Å². The van der Waals surface area contributed by atoms with Gasteiger partial charge in [-0.15, -0.1) is 0 Å². The van der Waals surface area contributed by atoms with E-state index in [2.05, 4.69) is 5.32 Å². The largest absolute Gasteiger partial charge is 0.455 e. The van der Waals surface area contributed by atoms with E-state index in [9.17, 15) is 14.4 Å². The summed E-state index contributed by atoms with van der Waals surface area (Å²) < 4.78 is 5.29. The summed E-state index contributed by atoms with van der Waals surface area (Å²) >= 11 is 0. The Labute approximate surface area is 147 Å². The number of benzene rings is 1. The Hall–Kier alpha value is -2.37. The number of para-hydroxylation sites is 2. The second kappa shape index (κ2) is 7.68. The summed E-state index contributed by atoms with van der Waals surface area (Å²) in [4.78, 5) is 38.4. The first-order valence-corrected chi connectivity index (χ1v) is 8.94. The maximum Gasteiger partial charge on any atom is 0.309 e. The highest BCUT2D eigenvalue weighted by Gasteiger charge is 2.31. The Morgan fingerprint density at radius 1 is 1.20 bits per heavy atom. The fourth-order valence-corrected chi connectivity index (χ4v) is 3.63. The van der Waals surface area contributed by atoms with E-state index in [-0.39, 0.29) is 42.8 Å². The van der Waals surface area contributed by atoms with Crippen LogP contribution in [0.4, 0.5) is 11.4 Å². The van der Waals surface area contributed by atoms with Gasteiger partial charge in [0.05, 0.1) is 17.3 Å². The van der Waals surface area contributed by atoms with E-state index in [0.29, 0.717) is 11.4 Å². The number of anilines is 2. The molecule has 3 rings (SSSR count). The number of esters is 1. The lowest BCUT2D eigenvalue weighted by atomic mass is 9.89. The molecule has 1 fully saturated rings. The van der Waals surface area contributed by atoms with Gasteiger partial charge in [-0.1, -0.05) is 31.4 Å². The van der Waals surface area contributed by atoms with E-state index in [1.165, 1.54) is 0 Å². The van der Waals surface area contributed by atoms with Gasteiger partial charge in [0.2, 0.25) is 5.91 Å². The molecule has 1 saturated carbocycles. The van der Waals surface area contributed by atoms with Crippen LogP contribution in [0.25, 0.3) is 0 Å². The van der Waals surface area contributed by atoms with Gasteiger partial charge in [0, 0.05) is 12.5 Å². The van der Waals surface area contributed by atoms with Gasteiger partial charge < -0.3 is 15.0 Å². The van der Waals surface area contributed by atoms with Crippen molar-refractivity contribution in [1.29, 1.82) is 0 Å². The van der Waals surface area contributed by atoms with Crippen LogP contribution in [0.2, 0.25) is 0 Å². The lowest BCUT2D eigenvalue weighted by molar-refractivity contribution is -0.153. The third-order valence-electron chi connectivity index (χ3n) is 4.90. The van der Waals surface area contributed by atoms with Crippen LogP contribution in [-0.4, -0.2) is 30.4 Å². The molecular formula is C19H24N2O4. The smallest absolute Gasteiger partial charge is 0.309 e. The van der Waals surface area contributed by atoms with Gasteiger partial charge in [-0.25, -0.2) is 0 Å². The van der Waals surface area contributed by atoms with Gasteiger partial charge in [-0.3, -0.25) is 14.4 Å². The van der Waals surface area contributed by atoms with Crippen LogP contribution in [0.1, 0.15) is 45.4 Å². The molecule has 0 radical (unpaired) electrons. The predicted octanol–water partition coefficient (Wildman–Crippen LogP) is 2.87. The number of nitrogens with one attached hydrogen (secondary N) is 1. The molecule has 0 aromatic heterocycles. The van der Waals surface area contributed by atoms with Crippen LogP contribution in [-0.2, 0) is 19.1 Å². The molecule has 0 saturated heterocycles. The van der Waals surface area contributed by atoms with Gasteiger partial charge >= 0.3 is 5.97 Å². The summed E-state index contributed by atoms with van der Waals surface area (Å²) in [6, 6.07) is 6.88. The van der Waals surface area contributed by atoms with Crippen molar-refractivity contribution in [2.24, 2.45) is 5.92 Å². The SMILES string of the molecule is CC1CC(=O)Nc2ccccc2N1C(=O)COC(=O)C1CCCCC1. The minimum Gasteiger partial charge on any atom is -0.455 e. The standard InChI is InChI=1S/C19H24N2O4/c1-13-11-17(22)20-15-9-5-6-10-16(15)21(13)18(23)12-25-19(24)14-7-3-2-4-8-14/h5-6,9-10,13-14H,2-4,7-8,11-12H2,1H3,(H,20,22). The van der Waals surface area contributed by atoms with Gasteiger partial charge in [0.1, 0.15) is 0 Å². The Kier molecular flexibility index (Phi) is 5.36. The normalized spacial score (nSPS) is 21.1. The second-order valence-electron chi connectivity index (χ2n) is 6.82. The topological polar surface area (TPSA) is 75.7 Å². The van der Waals surface area contributed by atoms with Crippen molar-refractivity contribution in [3.8, 4) is 0 Å². The Morgan fingerprint density at radius 2 is 1.92 bits per heavy atom. The van der Waals surface area contributed by atoms with Crippen molar-refractivity contribution in [3.05, 3.63) is 24.3 Å². The van der Waals surface area contributed by atoms with Crippen molar-refractivity contribution in [2.45, 2.75) is 51.5 Å². The molecule has 6 heteroatoms. The first kappa shape index (κ1) is 17.5. The number of carbonyl (C=O) groups excluding carboxylic acids is 3. The molecule has 25 heavy (non-hydrogen) atoms. The number of hydrogen-bond donors (Lipinski definition) is 1. The monoisotopic (exact) mass is 344 g/mol. The number of rotatable bonds is 3. The number of fused-ring (bicyclic) bond motifs is 1. The van der Waals surface area contributed by atoms with Gasteiger partial charge in [-0.05, 0) is 31.9 Å². The quantitative estimate of drug-likeness (QED) is 0.856. The number of ether oxygens (including phenoxy) is 1. The van der Waals surface area contributed by atoms with Gasteiger partial charge in [0.15, 0.2) is 6.61 Å². The minimum absolute atomic E-state index is 0.0846. The lowest BCUT2D eigenvalue weighted by Crippen LogP contribution is -2.42. The van der Waals surface area contributed by atoms with E-state index < -0.39 is 0 Å². The molecule has 1 heterocycles. The zero-order chi connectivity index (χ0) is 17.8. The Balaban J connectivity index is 1.70. The van der Waals surface area contributed by atoms with Crippen molar-refractivity contribution in [3.63, 3.8) is 0 Å². The number of carbonyl (C=O) groups is 3. The molecule has 1 aliphatic carbocycles. The number of amides is 2. The molecule has 0 spiro atoms. The molecule has 1 atom stereocenters. The van der Waals surface area contributed by atoms with Gasteiger partial charge in [0.25, 0.3) is 5.91 Å². The van der Waals surface area contributed by atoms with Crippen molar-refractivity contribution in [2.75, 3.05) is 16.8 Å². The van der Waals surface area contributed by atoms with Crippen molar-refractivity contribution in [1.82, 2.24) is 0 Å². The van der Waals surface area contributed by atoms with E-state index in [1.807, 2.05) is 13.0 Å². The third kappa shape index (κ3) is 4.00. The summed E-state index contributed by atoms with van der Waals surface area (Å²) in [5, 5.41) is 2.81. The molecule has 2 amide bonds. The minimum atomic E-state index is -0.305. The van der Waals surface area contributed by atoms with Crippen molar-refractivity contribution < 1.29 is 19.1 Å². The third-order valence-corrected chi connectivity index (χ3v) is 4.90. The predicted molar refractivity (Wildman–Crippen MR) is 94.2 cm³/mol. The molecular weight excluding hydrogens is 320 g/mol. The molecule has 1 unspecified atom stereocenters. The molecule has 134 valence electrons. The summed E-state index contributed by atoms with van der Waals surface area (Å²) in [5.41, 5.74) is 1.24. The average molecular weight is 344 g/mol.